The van der Waals surface area contributed by atoms with Crippen molar-refractivity contribution < 1.29 is 31.8 Å². The van der Waals surface area contributed by atoms with E-state index in [2.05, 4.69) is 26.0 Å². The van der Waals surface area contributed by atoms with Crippen LogP contribution in [0.4, 0.5) is 17.6 Å². The zero-order valence-corrected chi connectivity index (χ0v) is 30.4. The highest BCUT2D eigenvalue weighted by molar-refractivity contribution is 5.65. The van der Waals surface area contributed by atoms with Crippen LogP contribution in [0.15, 0.2) is 48.5 Å². The second-order valence-corrected chi connectivity index (χ2v) is 15.0. The van der Waals surface area contributed by atoms with Crippen molar-refractivity contribution in [3.05, 3.63) is 77.4 Å². The molecule has 0 spiro atoms. The quantitative estimate of drug-likeness (QED) is 0.198. The van der Waals surface area contributed by atoms with E-state index in [-0.39, 0.29) is 22.8 Å². The molecule has 0 N–H and O–H groups in total. The van der Waals surface area contributed by atoms with E-state index in [1.807, 2.05) is 12.1 Å². The van der Waals surface area contributed by atoms with E-state index in [9.17, 15) is 17.6 Å². The van der Waals surface area contributed by atoms with Gasteiger partial charge in [-0.2, -0.15) is 13.2 Å². The molecule has 0 amide bonds. The maximum Gasteiger partial charge on any atom is 0.204 e. The highest BCUT2D eigenvalue weighted by Gasteiger charge is 2.30. The molecule has 50 heavy (non-hydrogen) atoms. The maximum absolute atomic E-state index is 14.3. The summed E-state index contributed by atoms with van der Waals surface area (Å²) < 4.78 is 72.2. The Kier molecular flexibility index (Phi) is 13.9. The van der Waals surface area contributed by atoms with Crippen LogP contribution in [0.25, 0.3) is 11.1 Å². The molecule has 0 aliphatic heterocycles. The Morgan fingerprint density at radius 2 is 0.940 bits per heavy atom. The molecule has 7 heteroatoms. The average Bonchev–Trinajstić information content (AvgIpc) is 3.13. The van der Waals surface area contributed by atoms with E-state index >= 15 is 0 Å². The number of benzene rings is 3. The Hall–Kier alpha value is -3.22. The topological polar surface area (TPSA) is 27.7 Å². The van der Waals surface area contributed by atoms with Crippen LogP contribution in [-0.2, 0) is 0 Å². The Morgan fingerprint density at radius 1 is 0.500 bits per heavy atom. The van der Waals surface area contributed by atoms with E-state index in [0.29, 0.717) is 37.2 Å². The van der Waals surface area contributed by atoms with Crippen LogP contribution in [0.3, 0.4) is 0 Å². The van der Waals surface area contributed by atoms with Crippen LogP contribution in [0.5, 0.6) is 17.2 Å². The van der Waals surface area contributed by atoms with Crippen molar-refractivity contribution in [2.75, 3.05) is 19.8 Å². The first-order chi connectivity index (χ1) is 24.2. The lowest BCUT2D eigenvalue weighted by Gasteiger charge is -2.37. The largest absolute Gasteiger partial charge is 0.491 e. The lowest BCUT2D eigenvalue weighted by Crippen LogP contribution is -2.27. The van der Waals surface area contributed by atoms with E-state index in [0.717, 1.165) is 36.5 Å². The van der Waals surface area contributed by atoms with Gasteiger partial charge in [0.2, 0.25) is 17.5 Å². The molecule has 0 atom stereocenters. The van der Waals surface area contributed by atoms with E-state index in [4.69, 9.17) is 14.2 Å². The maximum atomic E-state index is 14.3. The second-order valence-electron chi connectivity index (χ2n) is 15.0. The molecule has 3 fully saturated rings. The van der Waals surface area contributed by atoms with Crippen molar-refractivity contribution in [1.29, 1.82) is 0 Å². The summed E-state index contributed by atoms with van der Waals surface area (Å²) in [6.07, 6.45) is 15.3. The van der Waals surface area contributed by atoms with Crippen LogP contribution in [0, 0.1) is 52.9 Å². The van der Waals surface area contributed by atoms with Crippen LogP contribution < -0.4 is 14.2 Å². The molecule has 3 aliphatic rings. The predicted molar refractivity (Wildman–Crippen MR) is 193 cm³/mol. The summed E-state index contributed by atoms with van der Waals surface area (Å²) >= 11 is 0. The lowest BCUT2D eigenvalue weighted by molar-refractivity contribution is 0.124. The first-order valence-electron chi connectivity index (χ1n) is 19.1. The van der Waals surface area contributed by atoms with Gasteiger partial charge in [0.1, 0.15) is 0 Å². The molecule has 0 saturated heterocycles. The van der Waals surface area contributed by atoms with Gasteiger partial charge >= 0.3 is 0 Å². The van der Waals surface area contributed by atoms with Gasteiger partial charge in [0.25, 0.3) is 0 Å². The van der Waals surface area contributed by atoms with Gasteiger partial charge in [-0.05, 0) is 136 Å². The number of rotatable bonds is 10. The molecule has 0 heterocycles. The monoisotopic (exact) mass is 696 g/mol. The molecule has 274 valence electrons. The minimum absolute atomic E-state index is 0.00524. The number of ether oxygens (including phenoxy) is 3. The molecule has 6 rings (SSSR count). The summed E-state index contributed by atoms with van der Waals surface area (Å²) in [6.45, 7) is 9.25. The third-order valence-electron chi connectivity index (χ3n) is 11.5. The normalized spacial score (nSPS) is 25.3. The van der Waals surface area contributed by atoms with Crippen molar-refractivity contribution >= 4 is 0 Å². The lowest BCUT2D eigenvalue weighted by atomic mass is 9.69. The summed E-state index contributed by atoms with van der Waals surface area (Å²) in [6, 6.07) is 13.9. The first kappa shape index (κ1) is 38.0. The SMILES string of the molecule is CCOc1ccc(-c2ccc(C3CCC(C)CC3)cc2)c(F)c1F.CCOc1ccc(OCC2CCC(C3CCC(C)CC3)CC2)c(F)c1F. The third kappa shape index (κ3) is 9.76. The van der Waals surface area contributed by atoms with Crippen molar-refractivity contribution in [3.63, 3.8) is 0 Å². The Labute approximate surface area is 297 Å². The summed E-state index contributed by atoms with van der Waals surface area (Å²) in [7, 11) is 0. The molecule has 0 bridgehead atoms. The molecule has 3 nitrogen and oxygen atoms in total. The van der Waals surface area contributed by atoms with Crippen molar-refractivity contribution in [1.82, 2.24) is 0 Å². The standard InChI is InChI=1S/C22H32F2O2.C21H24F2O/c1-3-25-19-12-13-20(22(24)21(19)23)26-14-16-6-10-18(11-7-16)17-8-4-15(2)5-9-17;1-3-24-19-13-12-18(20(22)21(19)23)17-10-8-16(9-11-17)15-6-4-14(2)5-7-15/h12-13,15-18H,3-11,14H2,1-2H3;8-15H,3-7H2,1-2H3. The van der Waals surface area contributed by atoms with E-state index < -0.39 is 23.3 Å². The van der Waals surface area contributed by atoms with Gasteiger partial charge < -0.3 is 14.2 Å². The molecule has 0 radical (unpaired) electrons. The summed E-state index contributed by atoms with van der Waals surface area (Å²) in [4.78, 5) is 0. The van der Waals surface area contributed by atoms with Gasteiger partial charge in [0.05, 0.1) is 19.8 Å². The van der Waals surface area contributed by atoms with E-state index in [1.165, 1.54) is 88.0 Å². The van der Waals surface area contributed by atoms with E-state index in [1.54, 1.807) is 19.9 Å². The molecule has 3 aliphatic carbocycles. The second kappa shape index (κ2) is 18.3. The minimum atomic E-state index is -0.959. The van der Waals surface area contributed by atoms with Gasteiger partial charge in [-0.15, -0.1) is 0 Å². The van der Waals surface area contributed by atoms with Crippen molar-refractivity contribution in [3.8, 4) is 28.4 Å². The number of hydrogen-bond acceptors (Lipinski definition) is 3. The van der Waals surface area contributed by atoms with Gasteiger partial charge in [0.15, 0.2) is 23.1 Å². The Balaban J connectivity index is 0.000000195. The Morgan fingerprint density at radius 3 is 1.46 bits per heavy atom. The van der Waals surface area contributed by atoms with Crippen molar-refractivity contribution in [2.24, 2.45) is 29.6 Å². The third-order valence-corrected chi connectivity index (χ3v) is 11.5. The van der Waals surface area contributed by atoms with Crippen molar-refractivity contribution in [2.45, 2.75) is 111 Å². The molecule has 3 aromatic carbocycles. The zero-order valence-electron chi connectivity index (χ0n) is 30.4. The van der Waals surface area contributed by atoms with Gasteiger partial charge in [-0.3, -0.25) is 0 Å². The minimum Gasteiger partial charge on any atom is -0.491 e. The summed E-state index contributed by atoms with van der Waals surface area (Å²) in [5, 5.41) is 0. The average molecular weight is 697 g/mol. The molecular weight excluding hydrogens is 640 g/mol. The highest BCUT2D eigenvalue weighted by Crippen LogP contribution is 2.42. The smallest absolute Gasteiger partial charge is 0.204 e. The highest BCUT2D eigenvalue weighted by atomic mass is 19.2. The van der Waals surface area contributed by atoms with Crippen LogP contribution in [0.1, 0.15) is 116 Å². The summed E-state index contributed by atoms with van der Waals surface area (Å²) in [5.41, 5.74) is 2.28. The van der Waals surface area contributed by atoms with Crippen LogP contribution in [-0.4, -0.2) is 19.8 Å². The molecule has 0 aromatic heterocycles. The van der Waals surface area contributed by atoms with Gasteiger partial charge in [0, 0.05) is 5.56 Å². The molecule has 3 aromatic rings. The van der Waals surface area contributed by atoms with Gasteiger partial charge in [-0.25, -0.2) is 4.39 Å². The van der Waals surface area contributed by atoms with Crippen LogP contribution in [0.2, 0.25) is 0 Å². The van der Waals surface area contributed by atoms with Gasteiger partial charge in [-0.1, -0.05) is 63.8 Å². The Bertz CT molecular complexity index is 1480. The zero-order chi connectivity index (χ0) is 35.6. The first-order valence-corrected chi connectivity index (χ1v) is 19.1. The number of halogens is 4. The van der Waals surface area contributed by atoms with Crippen LogP contribution >= 0.6 is 0 Å². The summed E-state index contributed by atoms with van der Waals surface area (Å²) in [5.74, 6) is 0.770. The molecule has 0 unspecified atom stereocenters. The predicted octanol–water partition coefficient (Wildman–Crippen LogP) is 12.7. The molecule has 3 saturated carbocycles. The number of hydrogen-bond donors (Lipinski definition) is 0. The fraction of sp³-hybridized carbons (Fsp3) is 0.581. The fourth-order valence-corrected chi connectivity index (χ4v) is 8.23. The fourth-order valence-electron chi connectivity index (χ4n) is 8.23. The molecular formula is C43H56F4O3.